The lowest BCUT2D eigenvalue weighted by Gasteiger charge is -2.05. The van der Waals surface area contributed by atoms with E-state index in [0.717, 1.165) is 6.07 Å². The molecule has 0 saturated heterocycles. The summed E-state index contributed by atoms with van der Waals surface area (Å²) in [7, 11) is 1.22. The van der Waals surface area contributed by atoms with Gasteiger partial charge in [0.05, 0.1) is 26.2 Å². The van der Waals surface area contributed by atoms with E-state index in [1.165, 1.54) is 25.3 Å². The summed E-state index contributed by atoms with van der Waals surface area (Å²) in [5.41, 5.74) is -0.497. The molecule has 0 unspecified atom stereocenters. The number of benzene rings is 1. The quantitative estimate of drug-likeness (QED) is 0.391. The van der Waals surface area contributed by atoms with E-state index in [1.54, 1.807) is 0 Å². The molecule has 0 heterocycles. The molecule has 6 heteroatoms. The molecule has 5 nitrogen and oxygen atoms in total. The second-order valence-corrected chi connectivity index (χ2v) is 3.49. The van der Waals surface area contributed by atoms with Crippen molar-refractivity contribution < 1.29 is 19.0 Å². The fourth-order valence-corrected chi connectivity index (χ4v) is 1.36. The van der Waals surface area contributed by atoms with Crippen LogP contribution in [0.1, 0.15) is 11.1 Å². The number of allylic oxidation sites excluding steroid dienone is 1. The number of aliphatic hydroxyl groups excluding tert-OH is 1. The van der Waals surface area contributed by atoms with Crippen molar-refractivity contribution >= 4 is 11.7 Å². The lowest BCUT2D eigenvalue weighted by Crippen LogP contribution is -2.05. The van der Waals surface area contributed by atoms with Crippen LogP contribution in [-0.2, 0) is 16.0 Å². The Hall–Kier alpha value is -2.86. The molecule has 0 aliphatic carbocycles. The van der Waals surface area contributed by atoms with E-state index < -0.39 is 23.2 Å². The van der Waals surface area contributed by atoms with E-state index in [9.17, 15) is 14.3 Å². The number of esters is 1. The highest BCUT2D eigenvalue weighted by Crippen LogP contribution is 2.21. The zero-order valence-electron chi connectivity index (χ0n) is 9.98. The van der Waals surface area contributed by atoms with Crippen molar-refractivity contribution in [3.05, 3.63) is 52.3 Å². The summed E-state index contributed by atoms with van der Waals surface area (Å²) in [6.07, 6.45) is -0.105. The van der Waals surface area contributed by atoms with E-state index >= 15 is 0 Å². The van der Waals surface area contributed by atoms with Gasteiger partial charge < -0.3 is 9.84 Å². The lowest BCUT2D eigenvalue weighted by atomic mass is 10.1. The second-order valence-electron chi connectivity index (χ2n) is 3.49. The van der Waals surface area contributed by atoms with Crippen molar-refractivity contribution in [1.29, 1.82) is 5.26 Å². The molecule has 0 fully saturated rings. The Morgan fingerprint density at radius 2 is 2.32 bits per heavy atom. The van der Waals surface area contributed by atoms with Crippen LogP contribution < -0.4 is 0 Å². The Morgan fingerprint density at radius 1 is 1.63 bits per heavy atom. The molecule has 0 radical (unpaired) electrons. The van der Waals surface area contributed by atoms with Gasteiger partial charge in [-0.3, -0.25) is 4.79 Å². The van der Waals surface area contributed by atoms with Gasteiger partial charge in [-0.1, -0.05) is 6.07 Å². The molecule has 1 aromatic rings. The number of halogens is 1. The molecule has 0 aliphatic heterocycles. The highest BCUT2D eigenvalue weighted by molar-refractivity contribution is 5.73. The van der Waals surface area contributed by atoms with Gasteiger partial charge in [0.15, 0.2) is 0 Å². The number of carbonyl (C=O) groups excluding carboxylic acids is 1. The molecule has 0 bridgehead atoms. The standard InChI is InChI=1S/C13H9FN2O3/c1-16-11(7-15)13(18)9-4-3-8(5-10(9)14)6-12(17)19-2/h3-5,18H,6H2,2H3/b13-11-. The van der Waals surface area contributed by atoms with Gasteiger partial charge in [-0.05, 0) is 17.7 Å². The van der Waals surface area contributed by atoms with Crippen LogP contribution in [0.25, 0.3) is 10.6 Å². The molecule has 0 spiro atoms. The Labute approximate surface area is 109 Å². The number of ether oxygens (including phenoxy) is 1. The van der Waals surface area contributed by atoms with Crippen molar-refractivity contribution in [3.8, 4) is 6.07 Å². The van der Waals surface area contributed by atoms with E-state index in [4.69, 9.17) is 11.8 Å². The number of hydrogen-bond donors (Lipinski definition) is 1. The minimum Gasteiger partial charge on any atom is -0.518 e. The molecule has 0 amide bonds. The SMILES string of the molecule is [C-]#[N+]/C(C#N)=C(\O)c1ccc(CC(=O)OC)cc1F. The van der Waals surface area contributed by atoms with Crippen LogP contribution in [0.15, 0.2) is 23.9 Å². The molecule has 96 valence electrons. The predicted molar refractivity (Wildman–Crippen MR) is 63.9 cm³/mol. The first-order valence-corrected chi connectivity index (χ1v) is 5.10. The van der Waals surface area contributed by atoms with Gasteiger partial charge in [-0.15, -0.1) is 0 Å². The zero-order chi connectivity index (χ0) is 14.4. The predicted octanol–water partition coefficient (Wildman–Crippen LogP) is 2.21. The Bertz CT molecular complexity index is 608. The minimum atomic E-state index is -0.824. The molecular weight excluding hydrogens is 251 g/mol. The van der Waals surface area contributed by atoms with Crippen molar-refractivity contribution in [2.45, 2.75) is 6.42 Å². The van der Waals surface area contributed by atoms with Crippen molar-refractivity contribution in [2.24, 2.45) is 0 Å². The largest absolute Gasteiger partial charge is 0.518 e. The van der Waals surface area contributed by atoms with Crippen molar-refractivity contribution in [3.63, 3.8) is 0 Å². The van der Waals surface area contributed by atoms with Crippen LogP contribution >= 0.6 is 0 Å². The minimum absolute atomic E-state index is 0.105. The average molecular weight is 260 g/mol. The van der Waals surface area contributed by atoms with E-state index in [1.807, 2.05) is 0 Å². The normalized spacial score (nSPS) is 10.9. The summed E-state index contributed by atoms with van der Waals surface area (Å²) in [4.78, 5) is 13.8. The molecule has 0 atom stereocenters. The molecule has 1 N–H and O–H groups in total. The Morgan fingerprint density at radius 3 is 2.79 bits per heavy atom. The van der Waals surface area contributed by atoms with Gasteiger partial charge in [0.1, 0.15) is 11.6 Å². The number of methoxy groups -OCH3 is 1. The maximum Gasteiger partial charge on any atom is 0.309 e. The molecule has 19 heavy (non-hydrogen) atoms. The molecule has 0 saturated carbocycles. The fraction of sp³-hybridized carbons (Fsp3) is 0.154. The first kappa shape index (κ1) is 14.2. The summed E-state index contributed by atoms with van der Waals surface area (Å²) in [5, 5.41) is 18.2. The highest BCUT2D eigenvalue weighted by atomic mass is 19.1. The lowest BCUT2D eigenvalue weighted by molar-refractivity contribution is -0.139. The average Bonchev–Trinajstić information content (AvgIpc) is 2.40. The number of rotatable bonds is 3. The monoisotopic (exact) mass is 260 g/mol. The van der Waals surface area contributed by atoms with Crippen molar-refractivity contribution in [2.75, 3.05) is 7.11 Å². The topological polar surface area (TPSA) is 74.7 Å². The third-order valence-corrected chi connectivity index (χ3v) is 2.31. The summed E-state index contributed by atoms with van der Waals surface area (Å²) >= 11 is 0. The number of nitrogens with zero attached hydrogens (tertiary/aromatic N) is 2. The highest BCUT2D eigenvalue weighted by Gasteiger charge is 2.14. The van der Waals surface area contributed by atoms with Crippen LogP contribution in [0.5, 0.6) is 0 Å². The third kappa shape index (κ3) is 3.30. The summed E-state index contributed by atoms with van der Waals surface area (Å²) < 4.78 is 18.2. The van der Waals surface area contributed by atoms with Gasteiger partial charge in [0.25, 0.3) is 0 Å². The van der Waals surface area contributed by atoms with Crippen molar-refractivity contribution in [1.82, 2.24) is 0 Å². The van der Waals surface area contributed by atoms with Gasteiger partial charge in [0.2, 0.25) is 0 Å². The van der Waals surface area contributed by atoms with Gasteiger partial charge in [0, 0.05) is 5.56 Å². The number of nitriles is 1. The summed E-state index contributed by atoms with van der Waals surface area (Å²) in [5.74, 6) is -2.07. The maximum atomic E-state index is 13.7. The summed E-state index contributed by atoms with van der Waals surface area (Å²) in [6.45, 7) is 6.67. The van der Waals surface area contributed by atoms with E-state index in [-0.39, 0.29) is 12.0 Å². The Balaban J connectivity index is 3.16. The molecule has 0 aromatic heterocycles. The van der Waals surface area contributed by atoms with E-state index in [2.05, 4.69) is 9.58 Å². The van der Waals surface area contributed by atoms with Crippen LogP contribution in [0, 0.1) is 23.7 Å². The van der Waals surface area contributed by atoms with Crippen LogP contribution in [0.4, 0.5) is 4.39 Å². The number of hydrogen-bond acceptors (Lipinski definition) is 4. The van der Waals surface area contributed by atoms with Crippen LogP contribution in [0.3, 0.4) is 0 Å². The third-order valence-electron chi connectivity index (χ3n) is 2.31. The van der Waals surface area contributed by atoms with Crippen LogP contribution in [0.2, 0.25) is 0 Å². The van der Waals surface area contributed by atoms with Gasteiger partial charge in [-0.2, -0.15) is 0 Å². The summed E-state index contributed by atoms with van der Waals surface area (Å²) in [6, 6.07) is 5.12. The van der Waals surface area contributed by atoms with Crippen LogP contribution in [-0.4, -0.2) is 18.2 Å². The Kier molecular flexibility index (Phi) is 4.62. The zero-order valence-corrected chi connectivity index (χ0v) is 9.98. The first-order chi connectivity index (χ1) is 9.03. The molecule has 0 aliphatic rings. The second kappa shape index (κ2) is 6.18. The number of carbonyl (C=O) groups is 1. The fourth-order valence-electron chi connectivity index (χ4n) is 1.36. The van der Waals surface area contributed by atoms with Gasteiger partial charge >= 0.3 is 11.7 Å². The maximum absolute atomic E-state index is 13.7. The molecule has 1 aromatic carbocycles. The first-order valence-electron chi connectivity index (χ1n) is 5.10. The molecular formula is C13H9FN2O3. The smallest absolute Gasteiger partial charge is 0.309 e. The number of aliphatic hydroxyl groups is 1. The van der Waals surface area contributed by atoms with E-state index in [0.29, 0.717) is 5.56 Å². The van der Waals surface area contributed by atoms with Gasteiger partial charge in [-0.25, -0.2) is 14.5 Å². The molecule has 1 rings (SSSR count).